The Morgan fingerprint density at radius 2 is 1.39 bits per heavy atom. The van der Waals surface area contributed by atoms with Crippen LogP contribution in [0.25, 0.3) is 11.1 Å². The molecule has 1 amide bonds. The summed E-state index contributed by atoms with van der Waals surface area (Å²) in [5.41, 5.74) is 5.97. The molecule has 2 unspecified atom stereocenters. The number of unbranched alkanes of at least 4 members (excludes halogenated alkanes) is 3. The number of nitrogens with zero attached hydrogens (tertiary/aromatic N) is 1. The number of ether oxygens (including phenoxy) is 1. The van der Waals surface area contributed by atoms with E-state index >= 15 is 0 Å². The lowest BCUT2D eigenvalue weighted by Gasteiger charge is -2.10. The number of hydrogen-bond acceptors (Lipinski definition) is 4. The van der Waals surface area contributed by atoms with Gasteiger partial charge in [0.1, 0.15) is 12.8 Å². The van der Waals surface area contributed by atoms with Gasteiger partial charge < -0.3 is 14.8 Å². The number of amides is 1. The number of nitrogens with one attached hydrogen (secondary N) is 1. The molecule has 0 spiro atoms. The van der Waals surface area contributed by atoms with Crippen LogP contribution in [-0.4, -0.2) is 32.5 Å². The molecule has 2 aromatic rings. The van der Waals surface area contributed by atoms with Gasteiger partial charge in [-0.2, -0.15) is 5.26 Å². The van der Waals surface area contributed by atoms with Crippen LogP contribution in [0.4, 0.5) is 0 Å². The quantitative estimate of drug-likeness (QED) is 0.131. The molecule has 5 nitrogen and oxygen atoms in total. The molecule has 5 heteroatoms. The van der Waals surface area contributed by atoms with E-state index in [-0.39, 0.29) is 6.54 Å². The van der Waals surface area contributed by atoms with Gasteiger partial charge in [0.25, 0.3) is 0 Å². The fourth-order valence-corrected chi connectivity index (χ4v) is 3.45. The summed E-state index contributed by atoms with van der Waals surface area (Å²) < 4.78 is 5.20. The SMILES string of the molecule is CC.CC.CCC(C)CCCCCC(C)OC.CCCC.Cc1ccc(-c2ccc(CC=O)c(C)c2)cc1.N#CCNC=O. The number of carbonyl (C=O) groups excluding carboxylic acids is 2. The number of hydrogen-bond donors (Lipinski definition) is 1. The molecule has 0 bridgehead atoms. The van der Waals surface area contributed by atoms with E-state index in [9.17, 15) is 9.59 Å². The second-order valence-corrected chi connectivity index (χ2v) is 10.2. The highest BCUT2D eigenvalue weighted by Gasteiger charge is 2.02. The molecule has 0 heterocycles. The van der Waals surface area contributed by atoms with Gasteiger partial charge in [0.05, 0.1) is 12.2 Å². The van der Waals surface area contributed by atoms with Gasteiger partial charge in [0.2, 0.25) is 6.41 Å². The lowest BCUT2D eigenvalue weighted by Crippen LogP contribution is -2.09. The third kappa shape index (κ3) is 30.5. The molecule has 252 valence electrons. The van der Waals surface area contributed by atoms with Crippen LogP contribution in [-0.2, 0) is 20.7 Å². The van der Waals surface area contributed by atoms with Crippen LogP contribution in [0.5, 0.6) is 0 Å². The van der Waals surface area contributed by atoms with Crippen LogP contribution in [0.15, 0.2) is 42.5 Å². The molecule has 2 rings (SSSR count). The Bertz CT molecular complexity index is 906. The summed E-state index contributed by atoms with van der Waals surface area (Å²) in [6.45, 7) is 23.4. The van der Waals surface area contributed by atoms with Crippen molar-refractivity contribution in [3.05, 3.63) is 59.2 Å². The molecule has 0 saturated heterocycles. The Balaban J connectivity index is -0.000000262. The maximum absolute atomic E-state index is 10.5. The highest BCUT2D eigenvalue weighted by atomic mass is 16.5. The van der Waals surface area contributed by atoms with Crippen molar-refractivity contribution in [2.24, 2.45) is 5.92 Å². The lowest BCUT2D eigenvalue weighted by molar-refractivity contribution is -0.109. The van der Waals surface area contributed by atoms with E-state index in [1.165, 1.54) is 73.6 Å². The van der Waals surface area contributed by atoms with Crippen LogP contribution in [0.2, 0.25) is 0 Å². The minimum Gasteiger partial charge on any atom is -0.382 e. The van der Waals surface area contributed by atoms with Crippen molar-refractivity contribution >= 4 is 12.7 Å². The molecule has 0 radical (unpaired) electrons. The zero-order chi connectivity index (χ0) is 34.6. The Kier molecular flexibility index (Phi) is 41.5. The number of benzene rings is 2. The molecular weight excluding hydrogens is 544 g/mol. The standard InChI is InChI=1S/C16H16O.C12H26O.C4H10.C3H4N2O.2C2H6/c1-12-3-5-15(6-4-12)16-8-7-14(9-10-17)13(2)11-16;1-5-11(2)9-7-6-8-10-12(3)13-4;1-3-4-2;4-1-2-5-3-6;2*1-2/h3-8,10-11H,9H2,1-2H3;11-12H,5-10H2,1-4H3;3-4H2,1-2H3;3H,2H2,(H,5,6);2*1-2H3. The second kappa shape index (κ2) is 38.1. The number of nitriles is 1. The minimum atomic E-state index is 0.101. The topological polar surface area (TPSA) is 79.2 Å². The molecule has 0 fully saturated rings. The molecule has 1 N–H and O–H groups in total. The maximum atomic E-state index is 10.5. The van der Waals surface area contributed by atoms with Crippen molar-refractivity contribution in [1.82, 2.24) is 5.32 Å². The maximum Gasteiger partial charge on any atom is 0.207 e. The van der Waals surface area contributed by atoms with Crippen molar-refractivity contribution in [3.63, 3.8) is 0 Å². The lowest BCUT2D eigenvalue weighted by atomic mass is 9.98. The highest BCUT2D eigenvalue weighted by Crippen LogP contribution is 2.22. The molecule has 0 aliphatic carbocycles. The normalized spacial score (nSPS) is 10.3. The molecule has 2 atom stereocenters. The van der Waals surface area contributed by atoms with E-state index in [0.717, 1.165) is 17.8 Å². The van der Waals surface area contributed by atoms with Crippen molar-refractivity contribution in [2.45, 2.75) is 140 Å². The monoisotopic (exact) mass is 613 g/mol. The van der Waals surface area contributed by atoms with E-state index in [1.54, 1.807) is 13.2 Å². The van der Waals surface area contributed by atoms with E-state index < -0.39 is 0 Å². The summed E-state index contributed by atoms with van der Waals surface area (Å²) in [5.74, 6) is 0.917. The van der Waals surface area contributed by atoms with Crippen LogP contribution in [0, 0.1) is 31.1 Å². The molecule has 44 heavy (non-hydrogen) atoms. The predicted molar refractivity (Wildman–Crippen MR) is 193 cm³/mol. The molecular formula is C39H68N2O3. The minimum absolute atomic E-state index is 0.101. The van der Waals surface area contributed by atoms with Gasteiger partial charge in [0, 0.05) is 13.5 Å². The Morgan fingerprint density at radius 1 is 0.841 bits per heavy atom. The first-order chi connectivity index (χ1) is 21.2. The zero-order valence-corrected chi connectivity index (χ0v) is 30.6. The van der Waals surface area contributed by atoms with E-state index in [1.807, 2.05) is 33.8 Å². The first kappa shape index (κ1) is 47.9. The molecule has 0 saturated carbocycles. The van der Waals surface area contributed by atoms with Crippen LogP contribution < -0.4 is 5.32 Å². The number of aryl methyl sites for hydroxylation is 2. The summed E-state index contributed by atoms with van der Waals surface area (Å²) >= 11 is 0. The summed E-state index contributed by atoms with van der Waals surface area (Å²) in [4.78, 5) is 19.8. The summed E-state index contributed by atoms with van der Waals surface area (Å²) in [5, 5.41) is 9.88. The smallest absolute Gasteiger partial charge is 0.207 e. The van der Waals surface area contributed by atoms with E-state index in [2.05, 4.69) is 90.2 Å². The van der Waals surface area contributed by atoms with Gasteiger partial charge in [-0.3, -0.25) is 4.79 Å². The largest absolute Gasteiger partial charge is 0.382 e. The average Bonchev–Trinajstić information content (AvgIpc) is 3.07. The van der Waals surface area contributed by atoms with E-state index in [0.29, 0.717) is 18.9 Å². The van der Waals surface area contributed by atoms with Crippen molar-refractivity contribution < 1.29 is 14.3 Å². The van der Waals surface area contributed by atoms with Gasteiger partial charge in [0.15, 0.2) is 0 Å². The average molecular weight is 613 g/mol. The summed E-state index contributed by atoms with van der Waals surface area (Å²) in [7, 11) is 1.80. The summed E-state index contributed by atoms with van der Waals surface area (Å²) in [6.07, 6.45) is 13.1. The summed E-state index contributed by atoms with van der Waals surface area (Å²) in [6, 6.07) is 16.5. The fourth-order valence-electron chi connectivity index (χ4n) is 3.45. The van der Waals surface area contributed by atoms with Gasteiger partial charge in [-0.15, -0.1) is 0 Å². The molecule has 2 aromatic carbocycles. The third-order valence-corrected chi connectivity index (χ3v) is 6.70. The van der Waals surface area contributed by atoms with Crippen LogP contribution in [0.1, 0.15) is 130 Å². The van der Waals surface area contributed by atoms with Crippen molar-refractivity contribution in [2.75, 3.05) is 13.7 Å². The number of carbonyl (C=O) groups is 2. The van der Waals surface area contributed by atoms with Crippen LogP contribution >= 0.6 is 0 Å². The van der Waals surface area contributed by atoms with Crippen molar-refractivity contribution in [1.29, 1.82) is 5.26 Å². The number of aldehydes is 1. The Morgan fingerprint density at radius 3 is 1.80 bits per heavy atom. The molecule has 0 aliphatic rings. The Hall–Kier alpha value is -2.97. The first-order valence-corrected chi connectivity index (χ1v) is 16.9. The van der Waals surface area contributed by atoms with Gasteiger partial charge >= 0.3 is 0 Å². The van der Waals surface area contributed by atoms with Gasteiger partial charge in [-0.1, -0.05) is 148 Å². The Labute approximate surface area is 273 Å². The van der Waals surface area contributed by atoms with E-state index in [4.69, 9.17) is 10.00 Å². The van der Waals surface area contributed by atoms with Gasteiger partial charge in [-0.05, 0) is 55.4 Å². The van der Waals surface area contributed by atoms with Crippen LogP contribution in [0.3, 0.4) is 0 Å². The van der Waals surface area contributed by atoms with Gasteiger partial charge in [-0.25, -0.2) is 0 Å². The second-order valence-electron chi connectivity index (χ2n) is 10.2. The number of rotatable bonds is 14. The first-order valence-electron chi connectivity index (χ1n) is 16.9. The molecule has 0 aliphatic heterocycles. The highest BCUT2D eigenvalue weighted by molar-refractivity contribution is 5.66. The molecule has 0 aromatic heterocycles. The number of methoxy groups -OCH3 is 1. The van der Waals surface area contributed by atoms with Crippen molar-refractivity contribution in [3.8, 4) is 17.2 Å². The fraction of sp³-hybridized carbons (Fsp3) is 0.615. The predicted octanol–water partition coefficient (Wildman–Crippen LogP) is 10.8. The third-order valence-electron chi connectivity index (χ3n) is 6.70. The zero-order valence-electron chi connectivity index (χ0n) is 30.6.